The largest absolute Gasteiger partial charge is 0.475 e. The van der Waals surface area contributed by atoms with Crippen LogP contribution in [0.2, 0.25) is 0 Å². The normalized spacial score (nSPS) is 16.8. The Balaban J connectivity index is 1.88. The topological polar surface area (TPSA) is 62.5 Å². The molecule has 1 fully saturated rings. The van der Waals surface area contributed by atoms with Crippen LogP contribution in [-0.2, 0) is 6.54 Å². The van der Waals surface area contributed by atoms with Crippen LogP contribution in [0.5, 0.6) is 0 Å². The van der Waals surface area contributed by atoms with Crippen LogP contribution in [0.1, 0.15) is 54.5 Å². The molecule has 1 aromatic heterocycles. The molecule has 1 heterocycles. The molecule has 0 aromatic carbocycles. The molecule has 18 heavy (non-hydrogen) atoms. The van der Waals surface area contributed by atoms with E-state index in [-0.39, 0.29) is 5.76 Å². The lowest BCUT2D eigenvalue weighted by Crippen LogP contribution is -2.28. The van der Waals surface area contributed by atoms with Gasteiger partial charge in [-0.3, -0.25) is 0 Å². The first kappa shape index (κ1) is 13.1. The van der Waals surface area contributed by atoms with Crippen molar-refractivity contribution in [1.82, 2.24) is 5.32 Å². The quantitative estimate of drug-likeness (QED) is 0.782. The molecule has 0 bridgehead atoms. The van der Waals surface area contributed by atoms with Crippen molar-refractivity contribution in [3.05, 3.63) is 23.2 Å². The Kier molecular flexibility index (Phi) is 4.07. The van der Waals surface area contributed by atoms with Crippen molar-refractivity contribution in [2.24, 2.45) is 5.92 Å². The number of carboxylic acid groups (broad SMARTS) is 1. The molecule has 2 rings (SSSR count). The monoisotopic (exact) mass is 251 g/mol. The maximum Gasteiger partial charge on any atom is 0.372 e. The maximum atomic E-state index is 10.9. The van der Waals surface area contributed by atoms with Crippen LogP contribution in [0, 0.1) is 12.8 Å². The van der Waals surface area contributed by atoms with Gasteiger partial charge in [0.1, 0.15) is 5.76 Å². The first-order valence-corrected chi connectivity index (χ1v) is 6.66. The number of aromatic carboxylic acids is 1. The van der Waals surface area contributed by atoms with Crippen LogP contribution in [0.3, 0.4) is 0 Å². The summed E-state index contributed by atoms with van der Waals surface area (Å²) in [5.41, 5.74) is 0.689. The summed E-state index contributed by atoms with van der Waals surface area (Å²) in [5.74, 6) is 0.667. The van der Waals surface area contributed by atoms with Crippen LogP contribution in [0.25, 0.3) is 0 Å². The molecule has 4 nitrogen and oxygen atoms in total. The summed E-state index contributed by atoms with van der Waals surface area (Å²) in [6.45, 7) is 4.55. The van der Waals surface area contributed by atoms with Crippen molar-refractivity contribution in [2.75, 3.05) is 0 Å². The van der Waals surface area contributed by atoms with E-state index in [9.17, 15) is 4.79 Å². The highest BCUT2D eigenvalue weighted by molar-refractivity contribution is 5.86. The second kappa shape index (κ2) is 5.57. The van der Waals surface area contributed by atoms with Crippen LogP contribution >= 0.6 is 0 Å². The van der Waals surface area contributed by atoms with Gasteiger partial charge in [-0.15, -0.1) is 0 Å². The predicted molar refractivity (Wildman–Crippen MR) is 68.7 cm³/mol. The highest BCUT2D eigenvalue weighted by Crippen LogP contribution is 2.34. The summed E-state index contributed by atoms with van der Waals surface area (Å²) >= 11 is 0. The number of furan rings is 1. The van der Waals surface area contributed by atoms with Gasteiger partial charge in [0.15, 0.2) is 0 Å². The third-order valence-corrected chi connectivity index (χ3v) is 3.54. The number of rotatable bonds is 7. The molecule has 4 heteroatoms. The summed E-state index contributed by atoms with van der Waals surface area (Å²) in [6.07, 6.45) is 5.05. The number of carbonyl (C=O) groups is 1. The Labute approximate surface area is 107 Å². The zero-order valence-corrected chi connectivity index (χ0v) is 11.0. The van der Waals surface area contributed by atoms with E-state index in [4.69, 9.17) is 9.52 Å². The smallest absolute Gasteiger partial charge is 0.372 e. The minimum absolute atomic E-state index is 0.0574. The van der Waals surface area contributed by atoms with Gasteiger partial charge in [-0.25, -0.2) is 4.79 Å². The Hall–Kier alpha value is -1.29. The van der Waals surface area contributed by atoms with Gasteiger partial charge in [0.2, 0.25) is 5.76 Å². The fourth-order valence-electron chi connectivity index (χ4n) is 2.24. The van der Waals surface area contributed by atoms with Gasteiger partial charge in [0.25, 0.3) is 0 Å². The van der Waals surface area contributed by atoms with Crippen molar-refractivity contribution in [3.63, 3.8) is 0 Å². The second-order valence-electron chi connectivity index (χ2n) is 5.20. The van der Waals surface area contributed by atoms with Crippen molar-refractivity contribution in [2.45, 2.75) is 52.1 Å². The van der Waals surface area contributed by atoms with E-state index in [1.54, 1.807) is 13.0 Å². The van der Waals surface area contributed by atoms with Crippen LogP contribution in [0.15, 0.2) is 10.5 Å². The minimum Gasteiger partial charge on any atom is -0.475 e. The van der Waals surface area contributed by atoms with E-state index in [1.165, 1.54) is 19.3 Å². The fourth-order valence-corrected chi connectivity index (χ4v) is 2.24. The Bertz CT molecular complexity index is 421. The molecule has 0 aliphatic heterocycles. The lowest BCUT2D eigenvalue weighted by Gasteiger charge is -2.15. The fraction of sp³-hybridized carbons (Fsp3) is 0.643. The zero-order chi connectivity index (χ0) is 13.1. The predicted octanol–water partition coefficient (Wildman–Crippen LogP) is 2.95. The molecule has 1 saturated carbocycles. The summed E-state index contributed by atoms with van der Waals surface area (Å²) < 4.78 is 5.33. The third-order valence-electron chi connectivity index (χ3n) is 3.54. The molecule has 0 radical (unpaired) electrons. The van der Waals surface area contributed by atoms with Gasteiger partial charge in [-0.1, -0.05) is 19.8 Å². The third kappa shape index (κ3) is 3.35. The number of carboxylic acids is 1. The molecule has 1 aromatic rings. The van der Waals surface area contributed by atoms with E-state index in [0.29, 0.717) is 23.9 Å². The molecule has 1 aliphatic rings. The molecule has 100 valence electrons. The molecule has 0 amide bonds. The lowest BCUT2D eigenvalue weighted by molar-refractivity contribution is 0.0659. The van der Waals surface area contributed by atoms with Gasteiger partial charge in [-0.05, 0) is 31.7 Å². The van der Waals surface area contributed by atoms with Crippen molar-refractivity contribution in [3.8, 4) is 0 Å². The molecule has 1 aliphatic carbocycles. The highest BCUT2D eigenvalue weighted by atomic mass is 16.4. The van der Waals surface area contributed by atoms with E-state index < -0.39 is 5.97 Å². The SMILES string of the molecule is CCC(CC1CC1)NCc1cc(C)c(C(=O)O)o1. The average molecular weight is 251 g/mol. The van der Waals surface area contributed by atoms with E-state index in [1.807, 2.05) is 0 Å². The van der Waals surface area contributed by atoms with Gasteiger partial charge in [-0.2, -0.15) is 0 Å². The van der Waals surface area contributed by atoms with Gasteiger partial charge >= 0.3 is 5.97 Å². The van der Waals surface area contributed by atoms with E-state index in [0.717, 1.165) is 12.3 Å². The number of hydrogen-bond acceptors (Lipinski definition) is 3. The summed E-state index contributed by atoms with van der Waals surface area (Å²) in [7, 11) is 0. The zero-order valence-electron chi connectivity index (χ0n) is 11.0. The Morgan fingerprint density at radius 1 is 1.61 bits per heavy atom. The molecular formula is C14H21NO3. The van der Waals surface area contributed by atoms with Crippen LogP contribution < -0.4 is 5.32 Å². The first-order valence-electron chi connectivity index (χ1n) is 6.66. The Morgan fingerprint density at radius 2 is 2.33 bits per heavy atom. The number of aryl methyl sites for hydroxylation is 1. The number of hydrogen-bond donors (Lipinski definition) is 2. The van der Waals surface area contributed by atoms with Crippen LogP contribution in [-0.4, -0.2) is 17.1 Å². The first-order chi connectivity index (χ1) is 8.60. The summed E-state index contributed by atoms with van der Waals surface area (Å²) in [6, 6.07) is 2.32. The second-order valence-corrected chi connectivity index (χ2v) is 5.20. The molecule has 0 saturated heterocycles. The molecule has 0 spiro atoms. The molecular weight excluding hydrogens is 230 g/mol. The Morgan fingerprint density at radius 3 is 2.83 bits per heavy atom. The van der Waals surface area contributed by atoms with E-state index in [2.05, 4.69) is 12.2 Å². The van der Waals surface area contributed by atoms with Crippen LogP contribution in [0.4, 0.5) is 0 Å². The molecule has 1 unspecified atom stereocenters. The van der Waals surface area contributed by atoms with Gasteiger partial charge < -0.3 is 14.8 Å². The van der Waals surface area contributed by atoms with E-state index >= 15 is 0 Å². The maximum absolute atomic E-state index is 10.9. The van der Waals surface area contributed by atoms with Gasteiger partial charge in [0, 0.05) is 11.6 Å². The highest BCUT2D eigenvalue weighted by Gasteiger charge is 2.24. The minimum atomic E-state index is -0.997. The lowest BCUT2D eigenvalue weighted by atomic mass is 10.1. The summed E-state index contributed by atoms with van der Waals surface area (Å²) in [5, 5.41) is 12.4. The molecule has 1 atom stereocenters. The molecule has 2 N–H and O–H groups in total. The van der Waals surface area contributed by atoms with Crippen molar-refractivity contribution in [1.29, 1.82) is 0 Å². The summed E-state index contributed by atoms with van der Waals surface area (Å²) in [4.78, 5) is 10.9. The number of nitrogens with one attached hydrogen (secondary N) is 1. The van der Waals surface area contributed by atoms with Gasteiger partial charge in [0.05, 0.1) is 6.54 Å². The standard InChI is InChI=1S/C14H21NO3/c1-3-11(7-10-4-5-10)15-8-12-6-9(2)13(18-12)14(16)17/h6,10-11,15H,3-5,7-8H2,1-2H3,(H,16,17). The average Bonchev–Trinajstić information content (AvgIpc) is 3.06. The van der Waals surface area contributed by atoms with Crippen molar-refractivity contribution < 1.29 is 14.3 Å². The van der Waals surface area contributed by atoms with Crippen molar-refractivity contribution >= 4 is 5.97 Å².